The number of benzene rings is 2. The highest BCUT2D eigenvalue weighted by molar-refractivity contribution is 5.96. The lowest BCUT2D eigenvalue weighted by molar-refractivity contribution is -0.384. The average molecular weight is 371 g/mol. The van der Waals surface area contributed by atoms with Gasteiger partial charge in [-0.25, -0.2) is 0 Å². The minimum absolute atomic E-state index is 0.0318. The summed E-state index contributed by atoms with van der Waals surface area (Å²) in [5.41, 5.74) is 6.23. The van der Waals surface area contributed by atoms with Gasteiger partial charge in [-0.15, -0.1) is 0 Å². The van der Waals surface area contributed by atoms with Crippen molar-refractivity contribution in [3.05, 3.63) is 64.2 Å². The summed E-state index contributed by atoms with van der Waals surface area (Å²) >= 11 is 0. The summed E-state index contributed by atoms with van der Waals surface area (Å²) in [5, 5.41) is 13.8. The summed E-state index contributed by atoms with van der Waals surface area (Å²) in [6.45, 7) is 0.183. The smallest absolute Gasteiger partial charge is 0.292 e. The van der Waals surface area contributed by atoms with Crippen molar-refractivity contribution in [3.63, 3.8) is 0 Å². The van der Waals surface area contributed by atoms with Crippen LogP contribution in [0.15, 0.2) is 48.5 Å². The van der Waals surface area contributed by atoms with Crippen LogP contribution in [0.2, 0.25) is 0 Å². The van der Waals surface area contributed by atoms with Gasteiger partial charge in [0.05, 0.1) is 4.92 Å². The molecule has 0 aromatic heterocycles. The van der Waals surface area contributed by atoms with Crippen molar-refractivity contribution < 1.29 is 14.5 Å². The van der Waals surface area contributed by atoms with Gasteiger partial charge < -0.3 is 10.2 Å². The van der Waals surface area contributed by atoms with Gasteiger partial charge in [0.1, 0.15) is 5.69 Å². The van der Waals surface area contributed by atoms with Crippen molar-refractivity contribution in [1.29, 1.82) is 0 Å². The van der Waals surface area contributed by atoms with Crippen LogP contribution < -0.4 is 21.1 Å². The van der Waals surface area contributed by atoms with E-state index in [0.29, 0.717) is 11.3 Å². The largest absolute Gasteiger partial charge is 0.379 e. The molecular formula is C18H21N5O4. The third-order valence-corrected chi connectivity index (χ3v) is 3.71. The molecule has 0 bridgehead atoms. The van der Waals surface area contributed by atoms with Crippen molar-refractivity contribution >= 4 is 28.9 Å². The Bertz CT molecular complexity index is 838. The fourth-order valence-corrected chi connectivity index (χ4v) is 2.28. The van der Waals surface area contributed by atoms with Gasteiger partial charge in [0.15, 0.2) is 0 Å². The van der Waals surface area contributed by atoms with Gasteiger partial charge in [-0.1, -0.05) is 18.2 Å². The van der Waals surface area contributed by atoms with Gasteiger partial charge in [-0.05, 0) is 24.3 Å². The molecule has 0 heterocycles. The molecule has 9 heteroatoms. The molecular weight excluding hydrogens is 350 g/mol. The molecule has 0 saturated heterocycles. The Balaban J connectivity index is 1.80. The number of hydrogen-bond acceptors (Lipinski definition) is 6. The summed E-state index contributed by atoms with van der Waals surface area (Å²) in [6, 6.07) is 13.1. The van der Waals surface area contributed by atoms with E-state index in [2.05, 4.69) is 16.2 Å². The Kier molecular flexibility index (Phi) is 6.70. The van der Waals surface area contributed by atoms with Crippen LogP contribution in [0.4, 0.5) is 17.1 Å². The number of hydrazine groups is 1. The van der Waals surface area contributed by atoms with Crippen LogP contribution >= 0.6 is 0 Å². The van der Waals surface area contributed by atoms with Gasteiger partial charge in [-0.3, -0.25) is 30.6 Å². The number of anilines is 2. The number of amides is 2. The van der Waals surface area contributed by atoms with Crippen molar-refractivity contribution in [2.24, 2.45) is 0 Å². The number of para-hydroxylation sites is 2. The average Bonchev–Trinajstić information content (AvgIpc) is 2.66. The fraction of sp³-hybridized carbons (Fsp3) is 0.222. The van der Waals surface area contributed by atoms with Crippen LogP contribution in [0.3, 0.4) is 0 Å². The fourth-order valence-electron chi connectivity index (χ4n) is 2.28. The van der Waals surface area contributed by atoms with Crippen molar-refractivity contribution in [2.75, 3.05) is 30.9 Å². The number of nitro groups is 1. The van der Waals surface area contributed by atoms with E-state index in [-0.39, 0.29) is 18.7 Å². The molecule has 0 radical (unpaired) electrons. The quantitative estimate of drug-likeness (QED) is 0.506. The first-order valence-corrected chi connectivity index (χ1v) is 8.22. The molecule has 3 N–H and O–H groups in total. The summed E-state index contributed by atoms with van der Waals surface area (Å²) in [5.74, 6) is -0.850. The maximum Gasteiger partial charge on any atom is 0.292 e. The third-order valence-electron chi connectivity index (χ3n) is 3.71. The van der Waals surface area contributed by atoms with E-state index < -0.39 is 16.7 Å². The SMILES string of the molecule is CN(C)c1cccc(C(=O)NNC(=O)CCNc2ccccc2[N+](=O)[O-])c1. The number of rotatable bonds is 7. The van der Waals surface area contributed by atoms with Crippen LogP contribution in [-0.2, 0) is 4.79 Å². The van der Waals surface area contributed by atoms with Gasteiger partial charge >= 0.3 is 0 Å². The van der Waals surface area contributed by atoms with Crippen LogP contribution in [0.5, 0.6) is 0 Å². The normalized spacial score (nSPS) is 10.0. The zero-order valence-electron chi connectivity index (χ0n) is 15.1. The molecule has 0 spiro atoms. The summed E-state index contributed by atoms with van der Waals surface area (Å²) in [7, 11) is 3.73. The predicted octanol–water partition coefficient (Wildman–Crippen LogP) is 1.92. The second-order valence-electron chi connectivity index (χ2n) is 5.90. The first-order valence-electron chi connectivity index (χ1n) is 8.22. The second-order valence-corrected chi connectivity index (χ2v) is 5.90. The molecule has 9 nitrogen and oxygen atoms in total. The molecule has 27 heavy (non-hydrogen) atoms. The molecule has 2 aromatic carbocycles. The van der Waals surface area contributed by atoms with Gasteiger partial charge in [0.25, 0.3) is 11.6 Å². The van der Waals surface area contributed by atoms with Crippen LogP contribution in [0.1, 0.15) is 16.8 Å². The summed E-state index contributed by atoms with van der Waals surface area (Å²) in [4.78, 5) is 36.3. The summed E-state index contributed by atoms with van der Waals surface area (Å²) in [6.07, 6.45) is 0.0318. The minimum atomic E-state index is -0.496. The molecule has 0 saturated carbocycles. The monoisotopic (exact) mass is 371 g/mol. The minimum Gasteiger partial charge on any atom is -0.379 e. The van der Waals surface area contributed by atoms with E-state index in [0.717, 1.165) is 5.69 Å². The second kappa shape index (κ2) is 9.18. The highest BCUT2D eigenvalue weighted by atomic mass is 16.6. The van der Waals surface area contributed by atoms with E-state index in [1.54, 1.807) is 36.4 Å². The number of carbonyl (C=O) groups is 2. The molecule has 0 aliphatic heterocycles. The first-order chi connectivity index (χ1) is 12.9. The van der Waals surface area contributed by atoms with Crippen LogP contribution in [0.25, 0.3) is 0 Å². The Morgan fingerprint density at radius 3 is 2.52 bits per heavy atom. The lowest BCUT2D eigenvalue weighted by Gasteiger charge is -2.13. The van der Waals surface area contributed by atoms with Crippen LogP contribution in [-0.4, -0.2) is 37.4 Å². The molecule has 0 aliphatic rings. The van der Waals surface area contributed by atoms with Crippen molar-refractivity contribution in [1.82, 2.24) is 10.9 Å². The van der Waals surface area contributed by atoms with Crippen molar-refractivity contribution in [2.45, 2.75) is 6.42 Å². The number of nitro benzene ring substituents is 1. The number of hydrogen-bond donors (Lipinski definition) is 3. The van der Waals surface area contributed by atoms with E-state index in [1.807, 2.05) is 25.1 Å². The van der Waals surface area contributed by atoms with E-state index >= 15 is 0 Å². The zero-order valence-corrected chi connectivity index (χ0v) is 15.1. The van der Waals surface area contributed by atoms with Gasteiger partial charge in [0, 0.05) is 44.4 Å². The van der Waals surface area contributed by atoms with Crippen LogP contribution in [0, 0.1) is 10.1 Å². The highest BCUT2D eigenvalue weighted by Gasteiger charge is 2.12. The summed E-state index contributed by atoms with van der Waals surface area (Å²) < 4.78 is 0. The number of nitrogens with one attached hydrogen (secondary N) is 3. The molecule has 142 valence electrons. The third kappa shape index (κ3) is 5.70. The Hall–Kier alpha value is -3.62. The zero-order chi connectivity index (χ0) is 19.8. The Labute approximate surface area is 156 Å². The Morgan fingerprint density at radius 1 is 1.07 bits per heavy atom. The van der Waals surface area contributed by atoms with E-state index in [1.165, 1.54) is 6.07 Å². The molecule has 2 rings (SSSR count). The number of nitrogens with zero attached hydrogens (tertiary/aromatic N) is 2. The topological polar surface area (TPSA) is 117 Å². The molecule has 2 aromatic rings. The molecule has 0 unspecified atom stereocenters. The molecule has 0 atom stereocenters. The van der Waals surface area contributed by atoms with E-state index in [4.69, 9.17) is 0 Å². The highest BCUT2D eigenvalue weighted by Crippen LogP contribution is 2.22. The van der Waals surface area contributed by atoms with E-state index in [9.17, 15) is 19.7 Å². The predicted molar refractivity (Wildman–Crippen MR) is 103 cm³/mol. The first kappa shape index (κ1) is 19.7. The number of carbonyl (C=O) groups excluding carboxylic acids is 2. The van der Waals surface area contributed by atoms with Crippen molar-refractivity contribution in [3.8, 4) is 0 Å². The molecule has 0 fully saturated rings. The maximum absolute atomic E-state index is 12.1. The van der Waals surface area contributed by atoms with Gasteiger partial charge in [-0.2, -0.15) is 0 Å². The molecule has 0 aliphatic carbocycles. The lowest BCUT2D eigenvalue weighted by Crippen LogP contribution is -2.42. The maximum atomic E-state index is 12.1. The lowest BCUT2D eigenvalue weighted by atomic mass is 10.2. The van der Waals surface area contributed by atoms with Gasteiger partial charge in [0.2, 0.25) is 5.91 Å². The Morgan fingerprint density at radius 2 is 1.81 bits per heavy atom. The standard InChI is InChI=1S/C18H21N5O4/c1-22(2)14-7-5-6-13(12-14)18(25)21-20-17(24)10-11-19-15-8-3-4-9-16(15)23(26)27/h3-9,12,19H,10-11H2,1-2H3,(H,20,24)(H,21,25). The molecule has 2 amide bonds.